The van der Waals surface area contributed by atoms with E-state index in [9.17, 15) is 4.39 Å². The van der Waals surface area contributed by atoms with Gasteiger partial charge in [0.1, 0.15) is 11.6 Å². The first-order valence-electron chi connectivity index (χ1n) is 30.0. The van der Waals surface area contributed by atoms with Crippen LogP contribution in [0, 0.1) is 11.7 Å². The first kappa shape index (κ1) is 55.7. The van der Waals surface area contributed by atoms with Crippen molar-refractivity contribution in [1.82, 2.24) is 0 Å². The summed E-state index contributed by atoms with van der Waals surface area (Å²) in [6.45, 7) is 9.91. The van der Waals surface area contributed by atoms with E-state index < -0.39 is 10.8 Å². The number of hydrogen-bond donors (Lipinski definition) is 0. The monoisotopic (exact) mass is 1170 g/mol. The number of nitrogens with zero attached hydrogens (tertiary/aromatic N) is 2. The minimum atomic E-state index is -0.679. The molecule has 0 aromatic heterocycles. The molecule has 0 N–H and O–H groups in total. The molecule has 0 saturated heterocycles. The number of thioether (sulfide) groups is 2. The Morgan fingerprint density at radius 3 is 1.51 bits per heavy atom. The third-order valence-electron chi connectivity index (χ3n) is 18.0. The van der Waals surface area contributed by atoms with E-state index >= 15 is 4.39 Å². The molecule has 0 heterocycles. The molecule has 87 heavy (non-hydrogen) atoms. The minimum absolute atomic E-state index is 0.0808. The molecule has 424 valence electrons. The van der Waals surface area contributed by atoms with Crippen LogP contribution in [0.3, 0.4) is 0 Å². The summed E-state index contributed by atoms with van der Waals surface area (Å²) in [4.78, 5) is 7.14. The Hall–Kier alpha value is -9.20. The second-order valence-electron chi connectivity index (χ2n) is 22.9. The fourth-order valence-electron chi connectivity index (χ4n) is 14.2. The molecule has 4 aliphatic rings. The second-order valence-corrected chi connectivity index (χ2v) is 25.1. The first-order chi connectivity index (χ1) is 42.8. The van der Waals surface area contributed by atoms with Gasteiger partial charge < -0.3 is 9.80 Å². The Bertz CT molecular complexity index is 4360. The summed E-state index contributed by atoms with van der Waals surface area (Å²) in [5, 5.41) is 0. The molecular weight excluding hydrogens is 1100 g/mol. The molecule has 10 aromatic carbocycles. The number of benzene rings is 10. The lowest BCUT2D eigenvalue weighted by Crippen LogP contribution is -2.31. The van der Waals surface area contributed by atoms with Crippen LogP contribution in [0.15, 0.2) is 325 Å². The molecule has 0 spiro atoms. The molecule has 0 saturated carbocycles. The molecule has 3 unspecified atom stereocenters. The molecular formula is C81H64F2N2S2. The predicted molar refractivity (Wildman–Crippen MR) is 363 cm³/mol. The van der Waals surface area contributed by atoms with E-state index in [1.165, 1.54) is 71.2 Å². The van der Waals surface area contributed by atoms with Gasteiger partial charge in [0.2, 0.25) is 0 Å². The van der Waals surface area contributed by atoms with E-state index in [-0.39, 0.29) is 17.6 Å². The van der Waals surface area contributed by atoms with Gasteiger partial charge in [-0.3, -0.25) is 0 Å². The van der Waals surface area contributed by atoms with E-state index in [0.29, 0.717) is 6.42 Å². The normalized spacial score (nSPS) is 18.1. The van der Waals surface area contributed by atoms with Gasteiger partial charge in [-0.15, -0.1) is 36.7 Å². The van der Waals surface area contributed by atoms with Gasteiger partial charge in [0, 0.05) is 61.3 Å². The van der Waals surface area contributed by atoms with Crippen LogP contribution in [-0.2, 0) is 10.8 Å². The third-order valence-corrected chi connectivity index (χ3v) is 20.0. The quantitative estimate of drug-likeness (QED) is 0.0662. The van der Waals surface area contributed by atoms with Gasteiger partial charge in [-0.1, -0.05) is 182 Å². The molecule has 0 amide bonds. The lowest BCUT2D eigenvalue weighted by Gasteiger charge is -2.38. The summed E-state index contributed by atoms with van der Waals surface area (Å²) in [5.41, 5.74) is 21.7. The Morgan fingerprint density at radius 1 is 0.460 bits per heavy atom. The molecule has 6 heteroatoms. The number of anilines is 5. The first-order valence-corrected chi connectivity index (χ1v) is 32.0. The highest BCUT2D eigenvalue weighted by Crippen LogP contribution is 2.61. The van der Waals surface area contributed by atoms with Crippen molar-refractivity contribution >= 4 is 57.5 Å². The molecule has 0 aliphatic heterocycles. The maximum Gasteiger partial charge on any atom is 0.123 e. The van der Waals surface area contributed by atoms with Crippen molar-refractivity contribution in [3.8, 4) is 22.3 Å². The average molecular weight is 1170 g/mol. The second kappa shape index (κ2) is 23.6. The lowest BCUT2D eigenvalue weighted by atomic mass is 9.64. The van der Waals surface area contributed by atoms with E-state index in [4.69, 9.17) is 0 Å². The van der Waals surface area contributed by atoms with Crippen molar-refractivity contribution in [1.29, 1.82) is 0 Å². The number of allylic oxidation sites excluding steroid dienone is 8. The third kappa shape index (κ3) is 9.76. The summed E-state index contributed by atoms with van der Waals surface area (Å²) < 4.78 is 30.3. The SMILES string of the molecule is C=CCSc1ccc(C2(c3ccc(F)cc3)C3=C(CCC(N(c4ccccc4)c4ccc(-c5ccc(N(c6ccccc6)c6ccc7c(c6)C(C6=CC=C(F)C(C)C6)(c6ccc(SCC=C)cc6)c6ccccc6-7)cc5)cc4)=C3)c3ccccc32)cc1. The van der Waals surface area contributed by atoms with Gasteiger partial charge in [-0.05, 0) is 201 Å². The van der Waals surface area contributed by atoms with E-state index in [1.54, 1.807) is 41.7 Å². The van der Waals surface area contributed by atoms with Gasteiger partial charge in [0.05, 0.1) is 10.8 Å². The molecule has 0 bridgehead atoms. The number of fused-ring (bicyclic) bond motifs is 5. The highest BCUT2D eigenvalue weighted by atomic mass is 32.2. The zero-order valence-corrected chi connectivity index (χ0v) is 50.2. The maximum atomic E-state index is 15.4. The Kier molecular flexibility index (Phi) is 15.1. The Balaban J connectivity index is 0.835. The van der Waals surface area contributed by atoms with Gasteiger partial charge in [-0.25, -0.2) is 8.78 Å². The lowest BCUT2D eigenvalue weighted by molar-refractivity contribution is 0.467. The van der Waals surface area contributed by atoms with Crippen LogP contribution in [0.25, 0.3) is 27.8 Å². The van der Waals surface area contributed by atoms with Crippen LogP contribution >= 0.6 is 23.5 Å². The Morgan fingerprint density at radius 2 is 0.931 bits per heavy atom. The molecule has 14 rings (SSSR count). The van der Waals surface area contributed by atoms with Crippen molar-refractivity contribution in [3.63, 3.8) is 0 Å². The smallest absolute Gasteiger partial charge is 0.123 e. The molecule has 0 radical (unpaired) electrons. The van der Waals surface area contributed by atoms with Gasteiger partial charge in [0.15, 0.2) is 0 Å². The summed E-state index contributed by atoms with van der Waals surface area (Å²) >= 11 is 3.54. The number of halogens is 2. The Labute approximate surface area is 519 Å². The zero-order valence-electron chi connectivity index (χ0n) is 48.6. The highest BCUT2D eigenvalue weighted by molar-refractivity contribution is 7.99. The fraction of sp³-hybridized carbons (Fsp3) is 0.111. The van der Waals surface area contributed by atoms with Crippen LogP contribution < -0.4 is 9.80 Å². The standard InChI is InChI=1S/C81H64F2N2S2/c1-4-50-86-69-43-30-59(31-44-69)80(58-28-35-62(82)36-29-58)75-22-14-12-20-71(75)73-47-41-67(53-77(73)80)84(63-16-8-6-9-17-63)65-37-24-56(25-38-65)57-26-39-66(40-27-57)85(64-18-10-7-11-19-64)68-42-48-74-72-21-13-15-23-76(72)81(78(74)54-68,61-34-49-79(83)55(3)52-61)60-32-45-70(46-33-60)87-51-5-2/h4-40,42-46,48-49,53-55H,1-2,41,47,50-52H2,3H3. The summed E-state index contributed by atoms with van der Waals surface area (Å²) in [5.74, 6) is 1.08. The largest absolute Gasteiger partial charge is 0.314 e. The molecule has 0 fully saturated rings. The van der Waals surface area contributed by atoms with E-state index in [0.717, 1.165) is 75.0 Å². The number of hydrogen-bond acceptors (Lipinski definition) is 4. The molecule has 4 aliphatic carbocycles. The summed E-state index contributed by atoms with van der Waals surface area (Å²) in [7, 11) is 0. The van der Waals surface area contributed by atoms with Crippen molar-refractivity contribution < 1.29 is 8.78 Å². The van der Waals surface area contributed by atoms with E-state index in [1.807, 2.05) is 31.2 Å². The predicted octanol–water partition coefficient (Wildman–Crippen LogP) is 22.3. The maximum absolute atomic E-state index is 15.4. The van der Waals surface area contributed by atoms with Crippen LogP contribution in [0.4, 0.5) is 37.2 Å². The summed E-state index contributed by atoms with van der Waals surface area (Å²) in [6, 6.07) is 89.0. The van der Waals surface area contributed by atoms with Crippen LogP contribution in [0.5, 0.6) is 0 Å². The highest BCUT2D eigenvalue weighted by Gasteiger charge is 2.50. The van der Waals surface area contributed by atoms with Gasteiger partial charge >= 0.3 is 0 Å². The van der Waals surface area contributed by atoms with Gasteiger partial charge in [0.25, 0.3) is 0 Å². The van der Waals surface area contributed by atoms with Crippen LogP contribution in [0.1, 0.15) is 65.1 Å². The van der Waals surface area contributed by atoms with Crippen LogP contribution in [-0.4, -0.2) is 11.5 Å². The van der Waals surface area contributed by atoms with E-state index in [2.05, 4.69) is 260 Å². The van der Waals surface area contributed by atoms with Crippen molar-refractivity contribution in [2.45, 2.75) is 46.8 Å². The summed E-state index contributed by atoms with van der Waals surface area (Å²) in [6.07, 6.45) is 12.3. The van der Waals surface area contributed by atoms with Crippen LogP contribution in [0.2, 0.25) is 0 Å². The number of para-hydroxylation sites is 2. The molecule has 3 atom stereocenters. The zero-order chi connectivity index (χ0) is 59.1. The minimum Gasteiger partial charge on any atom is -0.314 e. The average Bonchev–Trinajstić information content (AvgIpc) is 1.58. The molecule has 10 aromatic rings. The number of rotatable bonds is 17. The molecule has 2 nitrogen and oxygen atoms in total. The van der Waals surface area contributed by atoms with Crippen molar-refractivity contribution in [2.24, 2.45) is 5.92 Å². The van der Waals surface area contributed by atoms with Crippen molar-refractivity contribution in [2.75, 3.05) is 21.3 Å². The topological polar surface area (TPSA) is 6.48 Å². The van der Waals surface area contributed by atoms with Gasteiger partial charge in [-0.2, -0.15) is 0 Å². The fourth-order valence-corrected chi connectivity index (χ4v) is 15.5. The van der Waals surface area contributed by atoms with Crippen molar-refractivity contribution in [3.05, 3.63) is 360 Å².